The van der Waals surface area contributed by atoms with E-state index in [1.165, 1.54) is 20.7 Å². The van der Waals surface area contributed by atoms with Crippen molar-refractivity contribution in [3.63, 3.8) is 0 Å². The third-order valence-corrected chi connectivity index (χ3v) is 6.95. The molecule has 0 spiro atoms. The summed E-state index contributed by atoms with van der Waals surface area (Å²) in [6, 6.07) is 8.17. The SMILES string of the molecule is CSc1ccc(CN(C)C(=O)Cn2cnc3sc4c(c3c2=O)CCC4)cc1. The van der Waals surface area contributed by atoms with E-state index in [1.54, 1.807) is 35.0 Å². The molecule has 1 aliphatic rings. The zero-order valence-corrected chi connectivity index (χ0v) is 17.0. The van der Waals surface area contributed by atoms with E-state index in [9.17, 15) is 9.59 Å². The molecule has 0 N–H and O–H groups in total. The van der Waals surface area contributed by atoms with Crippen LogP contribution in [0.2, 0.25) is 0 Å². The molecule has 1 aromatic carbocycles. The van der Waals surface area contributed by atoms with E-state index in [0.29, 0.717) is 6.54 Å². The lowest BCUT2D eigenvalue weighted by atomic mass is 10.2. The summed E-state index contributed by atoms with van der Waals surface area (Å²) in [5, 5.41) is 0.720. The van der Waals surface area contributed by atoms with Crippen LogP contribution in [0, 0.1) is 0 Å². The molecule has 4 rings (SSSR count). The number of carbonyl (C=O) groups excluding carboxylic acids is 1. The van der Waals surface area contributed by atoms with E-state index in [2.05, 4.69) is 17.1 Å². The Labute approximate surface area is 166 Å². The third-order valence-electron chi connectivity index (χ3n) is 5.00. The number of thioether (sulfide) groups is 1. The van der Waals surface area contributed by atoms with E-state index < -0.39 is 0 Å². The quantitative estimate of drug-likeness (QED) is 0.618. The lowest BCUT2D eigenvalue weighted by molar-refractivity contribution is -0.131. The van der Waals surface area contributed by atoms with Gasteiger partial charge in [0, 0.05) is 23.4 Å². The van der Waals surface area contributed by atoms with Crippen molar-refractivity contribution < 1.29 is 4.79 Å². The molecule has 5 nitrogen and oxygen atoms in total. The van der Waals surface area contributed by atoms with Gasteiger partial charge in [-0.1, -0.05) is 12.1 Å². The molecule has 1 aliphatic carbocycles. The Morgan fingerprint density at radius 2 is 2.07 bits per heavy atom. The highest BCUT2D eigenvalue weighted by molar-refractivity contribution is 7.98. The first-order chi connectivity index (χ1) is 13.1. The molecule has 0 saturated carbocycles. The summed E-state index contributed by atoms with van der Waals surface area (Å²) in [6.45, 7) is 0.539. The molecular weight excluding hydrogens is 378 g/mol. The van der Waals surface area contributed by atoms with Gasteiger partial charge in [-0.25, -0.2) is 4.98 Å². The van der Waals surface area contributed by atoms with Crippen molar-refractivity contribution in [1.29, 1.82) is 0 Å². The smallest absolute Gasteiger partial charge is 0.262 e. The maximum Gasteiger partial charge on any atom is 0.262 e. The number of thiophene rings is 1. The van der Waals surface area contributed by atoms with Gasteiger partial charge in [0.15, 0.2) is 0 Å². The fourth-order valence-electron chi connectivity index (χ4n) is 3.49. The number of fused-ring (bicyclic) bond motifs is 3. The Bertz CT molecular complexity index is 1050. The van der Waals surface area contributed by atoms with Gasteiger partial charge in [0.1, 0.15) is 11.4 Å². The van der Waals surface area contributed by atoms with Crippen LogP contribution in [-0.2, 0) is 30.7 Å². The largest absolute Gasteiger partial charge is 0.340 e. The van der Waals surface area contributed by atoms with E-state index >= 15 is 0 Å². The van der Waals surface area contributed by atoms with Crippen molar-refractivity contribution in [2.45, 2.75) is 37.2 Å². The van der Waals surface area contributed by atoms with Gasteiger partial charge in [0.2, 0.25) is 5.91 Å². The van der Waals surface area contributed by atoms with Crippen LogP contribution in [0.4, 0.5) is 0 Å². The highest BCUT2D eigenvalue weighted by Gasteiger charge is 2.22. The molecule has 0 unspecified atom stereocenters. The molecule has 0 fully saturated rings. The second kappa shape index (κ2) is 7.48. The summed E-state index contributed by atoms with van der Waals surface area (Å²) in [6.07, 6.45) is 6.62. The van der Waals surface area contributed by atoms with Crippen molar-refractivity contribution in [3.05, 3.63) is 57.0 Å². The van der Waals surface area contributed by atoms with Gasteiger partial charge in [-0.2, -0.15) is 0 Å². The number of aryl methyl sites for hydroxylation is 2. The Kier molecular flexibility index (Phi) is 5.06. The van der Waals surface area contributed by atoms with Crippen molar-refractivity contribution in [2.24, 2.45) is 0 Å². The Balaban J connectivity index is 1.51. The first-order valence-electron chi connectivity index (χ1n) is 8.93. The van der Waals surface area contributed by atoms with Crippen molar-refractivity contribution in [1.82, 2.24) is 14.5 Å². The van der Waals surface area contributed by atoms with Crippen LogP contribution >= 0.6 is 23.1 Å². The van der Waals surface area contributed by atoms with Crippen LogP contribution in [0.1, 0.15) is 22.4 Å². The fourth-order valence-corrected chi connectivity index (χ4v) is 5.12. The molecule has 3 aromatic rings. The number of hydrogen-bond acceptors (Lipinski definition) is 5. The van der Waals surface area contributed by atoms with E-state index in [4.69, 9.17) is 0 Å². The lowest BCUT2D eigenvalue weighted by Gasteiger charge is -2.18. The second-order valence-corrected chi connectivity index (χ2v) is 8.78. The molecule has 140 valence electrons. The first kappa shape index (κ1) is 18.3. The minimum Gasteiger partial charge on any atom is -0.340 e. The Hall–Kier alpha value is -2.12. The van der Waals surface area contributed by atoms with Gasteiger partial charge in [-0.15, -0.1) is 23.1 Å². The van der Waals surface area contributed by atoms with Crippen LogP contribution in [-0.4, -0.2) is 33.7 Å². The molecule has 7 heteroatoms. The summed E-state index contributed by atoms with van der Waals surface area (Å²) < 4.78 is 1.45. The average molecular weight is 400 g/mol. The molecule has 0 saturated heterocycles. The number of benzene rings is 1. The van der Waals surface area contributed by atoms with Gasteiger partial charge >= 0.3 is 0 Å². The number of rotatable bonds is 5. The molecule has 2 aromatic heterocycles. The van der Waals surface area contributed by atoms with E-state index in [1.807, 2.05) is 18.4 Å². The molecule has 0 bridgehead atoms. The van der Waals surface area contributed by atoms with Crippen LogP contribution in [0.3, 0.4) is 0 Å². The predicted molar refractivity (Wildman–Crippen MR) is 111 cm³/mol. The minimum atomic E-state index is -0.0981. The predicted octanol–water partition coefficient (Wildman–Crippen LogP) is 3.33. The van der Waals surface area contributed by atoms with Gasteiger partial charge in [0.05, 0.1) is 11.7 Å². The highest BCUT2D eigenvalue weighted by atomic mass is 32.2. The summed E-state index contributed by atoms with van der Waals surface area (Å²) in [7, 11) is 1.77. The van der Waals surface area contributed by atoms with Gasteiger partial charge in [-0.05, 0) is 48.8 Å². The van der Waals surface area contributed by atoms with E-state index in [-0.39, 0.29) is 18.0 Å². The highest BCUT2D eigenvalue weighted by Crippen LogP contribution is 2.34. The van der Waals surface area contributed by atoms with Crippen molar-refractivity contribution >= 4 is 39.2 Å². The zero-order valence-electron chi connectivity index (χ0n) is 15.4. The number of likely N-dealkylation sites (N-methyl/N-ethyl adjacent to an activating group) is 1. The van der Waals surface area contributed by atoms with Crippen LogP contribution < -0.4 is 5.56 Å². The maximum atomic E-state index is 12.9. The molecule has 0 aliphatic heterocycles. The summed E-state index contributed by atoms with van der Waals surface area (Å²) >= 11 is 3.31. The topological polar surface area (TPSA) is 55.2 Å². The molecule has 1 amide bonds. The number of carbonyl (C=O) groups is 1. The minimum absolute atomic E-state index is 0.0196. The molecular formula is C20H21N3O2S2. The van der Waals surface area contributed by atoms with Crippen LogP contribution in [0.5, 0.6) is 0 Å². The molecule has 0 radical (unpaired) electrons. The number of amides is 1. The van der Waals surface area contributed by atoms with Crippen molar-refractivity contribution in [2.75, 3.05) is 13.3 Å². The molecule has 0 atom stereocenters. The average Bonchev–Trinajstić information content (AvgIpc) is 3.25. The molecule has 27 heavy (non-hydrogen) atoms. The third kappa shape index (κ3) is 3.53. The van der Waals surface area contributed by atoms with Gasteiger partial charge < -0.3 is 4.90 Å². The Morgan fingerprint density at radius 1 is 1.30 bits per heavy atom. The summed E-state index contributed by atoms with van der Waals surface area (Å²) in [5.74, 6) is -0.0981. The second-order valence-electron chi connectivity index (χ2n) is 6.81. The Morgan fingerprint density at radius 3 is 2.81 bits per heavy atom. The number of aromatic nitrogens is 2. The summed E-state index contributed by atoms with van der Waals surface area (Å²) in [4.78, 5) is 34.9. The van der Waals surface area contributed by atoms with Gasteiger partial charge in [0.25, 0.3) is 5.56 Å². The van der Waals surface area contributed by atoms with Crippen LogP contribution in [0.25, 0.3) is 10.2 Å². The lowest BCUT2D eigenvalue weighted by Crippen LogP contribution is -2.33. The fraction of sp³-hybridized carbons (Fsp3) is 0.350. The normalized spacial score (nSPS) is 13.1. The first-order valence-corrected chi connectivity index (χ1v) is 11.0. The van der Waals surface area contributed by atoms with Crippen molar-refractivity contribution in [3.8, 4) is 0 Å². The van der Waals surface area contributed by atoms with Gasteiger partial charge in [-0.3, -0.25) is 14.2 Å². The monoisotopic (exact) mass is 399 g/mol. The molecule has 2 heterocycles. The number of hydrogen-bond donors (Lipinski definition) is 0. The van der Waals surface area contributed by atoms with E-state index in [0.717, 1.165) is 40.6 Å². The number of nitrogens with zero attached hydrogens (tertiary/aromatic N) is 3. The standard InChI is InChI=1S/C20H21N3O2S2/c1-22(10-13-6-8-14(26-2)9-7-13)17(24)11-23-12-21-19-18(20(23)25)15-4-3-5-16(15)27-19/h6-9,12H,3-5,10-11H2,1-2H3. The summed E-state index contributed by atoms with van der Waals surface area (Å²) in [5.41, 5.74) is 2.13. The van der Waals surface area contributed by atoms with Crippen LogP contribution in [0.15, 0.2) is 40.3 Å². The zero-order chi connectivity index (χ0) is 19.0. The maximum absolute atomic E-state index is 12.9.